The quantitative estimate of drug-likeness (QED) is 0.829. The van der Waals surface area contributed by atoms with E-state index in [0.29, 0.717) is 18.1 Å². The van der Waals surface area contributed by atoms with Crippen molar-refractivity contribution in [3.05, 3.63) is 36.0 Å². The van der Waals surface area contributed by atoms with E-state index < -0.39 is 0 Å². The monoisotopic (exact) mass is 292 g/mol. The number of carbonyl (C=O) groups is 1. The van der Waals surface area contributed by atoms with Gasteiger partial charge in [-0.15, -0.1) is 11.8 Å². The molecule has 2 aromatic rings. The fourth-order valence-electron chi connectivity index (χ4n) is 1.56. The number of aryl methyl sites for hydroxylation is 1. The summed E-state index contributed by atoms with van der Waals surface area (Å²) in [4.78, 5) is 12.8. The minimum atomic E-state index is -0.0813. The van der Waals surface area contributed by atoms with E-state index in [1.54, 1.807) is 31.9 Å². The molecule has 0 aliphatic rings. The first kappa shape index (κ1) is 14.5. The first-order chi connectivity index (χ1) is 9.67. The van der Waals surface area contributed by atoms with E-state index in [4.69, 9.17) is 9.26 Å². The number of hydrogen-bond acceptors (Lipinski definition) is 5. The highest BCUT2D eigenvalue weighted by atomic mass is 32.2. The number of carbonyl (C=O) groups excluding carboxylic acids is 1. The second kappa shape index (κ2) is 7.00. The maximum Gasteiger partial charge on any atom is 0.231 e. The highest BCUT2D eigenvalue weighted by molar-refractivity contribution is 7.99. The molecule has 6 heteroatoms. The fourth-order valence-corrected chi connectivity index (χ4v) is 2.41. The minimum absolute atomic E-state index is 0.0813. The molecule has 1 heterocycles. The summed E-state index contributed by atoms with van der Waals surface area (Å²) < 4.78 is 10.0. The zero-order chi connectivity index (χ0) is 14.4. The Morgan fingerprint density at radius 2 is 2.15 bits per heavy atom. The number of nitrogens with one attached hydrogen (secondary N) is 1. The number of amides is 1. The Kier molecular flexibility index (Phi) is 5.06. The Morgan fingerprint density at radius 3 is 2.75 bits per heavy atom. The van der Waals surface area contributed by atoms with Crippen molar-refractivity contribution in [2.45, 2.75) is 18.2 Å². The van der Waals surface area contributed by atoms with E-state index in [-0.39, 0.29) is 5.91 Å². The molecule has 0 aliphatic heterocycles. The van der Waals surface area contributed by atoms with Gasteiger partial charge in [-0.1, -0.05) is 5.16 Å². The van der Waals surface area contributed by atoms with E-state index in [1.807, 2.05) is 24.3 Å². The third-order valence-electron chi connectivity index (χ3n) is 2.55. The molecule has 0 radical (unpaired) electrons. The lowest BCUT2D eigenvalue weighted by molar-refractivity contribution is -0.115. The van der Waals surface area contributed by atoms with Crippen LogP contribution >= 0.6 is 11.8 Å². The number of benzene rings is 1. The van der Waals surface area contributed by atoms with Gasteiger partial charge in [0.1, 0.15) is 5.75 Å². The van der Waals surface area contributed by atoms with Crippen molar-refractivity contribution in [2.75, 3.05) is 18.2 Å². The van der Waals surface area contributed by atoms with Crippen molar-refractivity contribution >= 4 is 23.6 Å². The molecular weight excluding hydrogens is 276 g/mol. The van der Waals surface area contributed by atoms with E-state index in [9.17, 15) is 4.79 Å². The van der Waals surface area contributed by atoms with Crippen molar-refractivity contribution < 1.29 is 14.1 Å². The normalized spacial score (nSPS) is 10.3. The minimum Gasteiger partial charge on any atom is -0.497 e. The summed E-state index contributed by atoms with van der Waals surface area (Å²) in [5.74, 6) is 1.84. The SMILES string of the molecule is COc1ccc(SCCC(=O)Nc2cc(C)no2)cc1. The fraction of sp³-hybridized carbons (Fsp3) is 0.286. The zero-order valence-corrected chi connectivity index (χ0v) is 12.2. The Labute approximate surface area is 121 Å². The molecule has 1 aromatic heterocycles. The Balaban J connectivity index is 1.73. The van der Waals surface area contributed by atoms with Crippen LogP contribution in [-0.2, 0) is 4.79 Å². The Hall–Kier alpha value is -1.95. The van der Waals surface area contributed by atoms with Crippen LogP contribution in [0.3, 0.4) is 0 Å². The smallest absolute Gasteiger partial charge is 0.231 e. The van der Waals surface area contributed by atoms with Gasteiger partial charge < -0.3 is 9.26 Å². The Bertz CT molecular complexity index is 566. The van der Waals surface area contributed by atoms with Crippen molar-refractivity contribution in [2.24, 2.45) is 0 Å². The van der Waals surface area contributed by atoms with Gasteiger partial charge in [-0.05, 0) is 31.2 Å². The van der Waals surface area contributed by atoms with Crippen LogP contribution in [0.4, 0.5) is 5.88 Å². The highest BCUT2D eigenvalue weighted by Gasteiger charge is 2.06. The van der Waals surface area contributed by atoms with E-state index in [2.05, 4.69) is 10.5 Å². The van der Waals surface area contributed by atoms with Gasteiger partial charge in [0.05, 0.1) is 12.8 Å². The second-order valence-electron chi connectivity index (χ2n) is 4.15. The number of nitrogens with zero attached hydrogens (tertiary/aromatic N) is 1. The predicted octanol–water partition coefficient (Wildman–Crippen LogP) is 3.11. The molecule has 0 fully saturated rings. The third kappa shape index (κ3) is 4.31. The molecule has 0 bridgehead atoms. The molecule has 1 amide bonds. The molecule has 0 aliphatic carbocycles. The van der Waals surface area contributed by atoms with Crippen LogP contribution in [0.15, 0.2) is 39.8 Å². The summed E-state index contributed by atoms with van der Waals surface area (Å²) in [6.45, 7) is 1.80. The van der Waals surface area contributed by atoms with Gasteiger partial charge in [0, 0.05) is 23.1 Å². The topological polar surface area (TPSA) is 64.4 Å². The van der Waals surface area contributed by atoms with Crippen LogP contribution in [0.5, 0.6) is 5.75 Å². The number of aromatic nitrogens is 1. The number of thioether (sulfide) groups is 1. The van der Waals surface area contributed by atoms with Gasteiger partial charge >= 0.3 is 0 Å². The van der Waals surface area contributed by atoms with Crippen LogP contribution in [0.25, 0.3) is 0 Å². The summed E-state index contributed by atoms with van der Waals surface area (Å²) in [6.07, 6.45) is 0.413. The number of rotatable bonds is 6. The Morgan fingerprint density at radius 1 is 1.40 bits per heavy atom. The molecule has 106 valence electrons. The van der Waals surface area contributed by atoms with Crippen molar-refractivity contribution in [3.8, 4) is 5.75 Å². The first-order valence-electron chi connectivity index (χ1n) is 6.17. The average molecular weight is 292 g/mol. The van der Waals surface area contributed by atoms with E-state index >= 15 is 0 Å². The molecule has 5 nitrogen and oxygen atoms in total. The van der Waals surface area contributed by atoms with Gasteiger partial charge in [-0.3, -0.25) is 10.1 Å². The van der Waals surface area contributed by atoms with Crippen molar-refractivity contribution in [3.63, 3.8) is 0 Å². The average Bonchev–Trinajstić information content (AvgIpc) is 2.85. The molecule has 0 atom stereocenters. The van der Waals surface area contributed by atoms with Gasteiger partial charge in [-0.25, -0.2) is 0 Å². The van der Waals surface area contributed by atoms with Gasteiger partial charge in [-0.2, -0.15) is 0 Å². The zero-order valence-electron chi connectivity index (χ0n) is 11.4. The number of hydrogen-bond donors (Lipinski definition) is 1. The third-order valence-corrected chi connectivity index (χ3v) is 3.56. The van der Waals surface area contributed by atoms with Gasteiger partial charge in [0.15, 0.2) is 0 Å². The van der Waals surface area contributed by atoms with E-state index in [0.717, 1.165) is 16.3 Å². The molecular formula is C14H16N2O3S. The lowest BCUT2D eigenvalue weighted by Crippen LogP contribution is -2.11. The molecule has 1 N–H and O–H groups in total. The molecule has 1 aromatic carbocycles. The molecule has 20 heavy (non-hydrogen) atoms. The summed E-state index contributed by atoms with van der Waals surface area (Å²) in [6, 6.07) is 9.44. The summed E-state index contributed by atoms with van der Waals surface area (Å²) >= 11 is 1.62. The number of anilines is 1. The standard InChI is InChI=1S/C14H16N2O3S/c1-10-9-14(19-16-10)15-13(17)7-8-20-12-5-3-11(18-2)4-6-12/h3-6,9H,7-8H2,1-2H3,(H,15,17). The van der Waals surface area contributed by atoms with Crippen molar-refractivity contribution in [1.82, 2.24) is 5.16 Å². The maximum absolute atomic E-state index is 11.7. The highest BCUT2D eigenvalue weighted by Crippen LogP contribution is 2.22. The summed E-state index contributed by atoms with van der Waals surface area (Å²) in [5, 5.41) is 6.37. The lowest BCUT2D eigenvalue weighted by atomic mass is 10.3. The molecule has 0 unspecified atom stereocenters. The molecule has 0 saturated heterocycles. The number of methoxy groups -OCH3 is 1. The van der Waals surface area contributed by atoms with Crippen LogP contribution in [-0.4, -0.2) is 23.9 Å². The molecule has 2 rings (SSSR count). The van der Waals surface area contributed by atoms with Crippen LogP contribution < -0.4 is 10.1 Å². The van der Waals surface area contributed by atoms with Crippen LogP contribution in [0, 0.1) is 6.92 Å². The van der Waals surface area contributed by atoms with Crippen molar-refractivity contribution in [1.29, 1.82) is 0 Å². The predicted molar refractivity (Wildman–Crippen MR) is 78.2 cm³/mol. The number of ether oxygens (including phenoxy) is 1. The maximum atomic E-state index is 11.7. The van der Waals surface area contributed by atoms with Gasteiger partial charge in [0.25, 0.3) is 0 Å². The van der Waals surface area contributed by atoms with Gasteiger partial charge in [0.2, 0.25) is 11.8 Å². The molecule has 0 spiro atoms. The second-order valence-corrected chi connectivity index (χ2v) is 5.32. The lowest BCUT2D eigenvalue weighted by Gasteiger charge is -2.03. The van der Waals surface area contributed by atoms with E-state index in [1.165, 1.54) is 0 Å². The summed E-state index contributed by atoms with van der Waals surface area (Å²) in [7, 11) is 1.64. The van der Waals surface area contributed by atoms with Crippen LogP contribution in [0.1, 0.15) is 12.1 Å². The molecule has 0 saturated carbocycles. The first-order valence-corrected chi connectivity index (χ1v) is 7.16. The van der Waals surface area contributed by atoms with Crippen LogP contribution in [0.2, 0.25) is 0 Å². The summed E-state index contributed by atoms with van der Waals surface area (Å²) in [5.41, 5.74) is 0.743. The largest absolute Gasteiger partial charge is 0.497 e.